The number of ether oxygens (including phenoxy) is 3. The van der Waals surface area contributed by atoms with E-state index in [0.29, 0.717) is 51.4 Å². The highest BCUT2D eigenvalue weighted by molar-refractivity contribution is 5.74. The zero-order valence-electron chi connectivity index (χ0n) is 23.9. The second kappa shape index (κ2) is 9.98. The van der Waals surface area contributed by atoms with Gasteiger partial charge in [-0.3, -0.25) is 4.68 Å². The van der Waals surface area contributed by atoms with Crippen LogP contribution in [-0.4, -0.2) is 81.4 Å². The first-order valence-electron chi connectivity index (χ1n) is 14.5. The van der Waals surface area contributed by atoms with E-state index in [1.54, 1.807) is 9.80 Å². The van der Waals surface area contributed by atoms with Gasteiger partial charge in [-0.1, -0.05) is 6.07 Å². The summed E-state index contributed by atoms with van der Waals surface area (Å²) in [4.78, 5) is 28.6. The summed E-state index contributed by atoms with van der Waals surface area (Å²) in [5, 5.41) is 16.1. The Morgan fingerprint density at radius 2 is 1.85 bits per heavy atom. The Morgan fingerprint density at radius 3 is 2.52 bits per heavy atom. The number of β-amino-alcohol motifs (C(OH)–C–C–N with tert-alkyl or cyclic N) is 1. The number of piperidine rings is 2. The van der Waals surface area contributed by atoms with Crippen LogP contribution in [0.1, 0.15) is 70.0 Å². The topological polar surface area (TPSA) is 106 Å². The predicted octanol–water partition coefficient (Wildman–Crippen LogP) is 4.63. The van der Waals surface area contributed by atoms with Crippen molar-refractivity contribution in [3.05, 3.63) is 35.5 Å². The van der Waals surface area contributed by atoms with Crippen molar-refractivity contribution in [1.82, 2.24) is 19.6 Å². The first kappa shape index (κ1) is 26.9. The number of aliphatic hydroxyl groups is 1. The van der Waals surface area contributed by atoms with Gasteiger partial charge in [0, 0.05) is 49.8 Å². The van der Waals surface area contributed by atoms with Gasteiger partial charge in [0.05, 0.1) is 25.3 Å². The molecule has 2 atom stereocenters. The molecule has 1 spiro atoms. The predicted molar refractivity (Wildman–Crippen MR) is 147 cm³/mol. The molecule has 10 nitrogen and oxygen atoms in total. The van der Waals surface area contributed by atoms with Crippen molar-refractivity contribution >= 4 is 12.2 Å². The maximum absolute atomic E-state index is 12.7. The van der Waals surface area contributed by atoms with Crippen molar-refractivity contribution < 1.29 is 28.9 Å². The number of carbonyl (C=O) groups excluding carboxylic acids is 2. The number of nitrogens with zero attached hydrogens (tertiary/aromatic N) is 4. The van der Waals surface area contributed by atoms with Crippen LogP contribution in [0, 0.1) is 12.8 Å². The van der Waals surface area contributed by atoms with Crippen LogP contribution in [0.15, 0.2) is 24.4 Å². The summed E-state index contributed by atoms with van der Waals surface area (Å²) < 4.78 is 19.7. The summed E-state index contributed by atoms with van der Waals surface area (Å²) in [5.41, 5.74) is 2.65. The number of rotatable bonds is 3. The summed E-state index contributed by atoms with van der Waals surface area (Å²) in [5.74, 6) is 1.32. The lowest BCUT2D eigenvalue weighted by Gasteiger charge is -2.43. The van der Waals surface area contributed by atoms with E-state index in [9.17, 15) is 14.7 Å². The zero-order chi connectivity index (χ0) is 28.2. The number of hydrogen-bond acceptors (Lipinski definition) is 7. The molecule has 1 saturated carbocycles. The Morgan fingerprint density at radius 1 is 1.10 bits per heavy atom. The minimum absolute atomic E-state index is 0.180. The minimum Gasteiger partial charge on any atom is -0.482 e. The molecule has 3 fully saturated rings. The molecule has 1 N–H and O–H groups in total. The van der Waals surface area contributed by atoms with Crippen LogP contribution in [0.3, 0.4) is 0 Å². The number of aromatic nitrogens is 2. The third-order valence-corrected chi connectivity index (χ3v) is 8.43. The van der Waals surface area contributed by atoms with Gasteiger partial charge in [0.15, 0.2) is 0 Å². The minimum atomic E-state index is -0.792. The van der Waals surface area contributed by atoms with Crippen LogP contribution >= 0.6 is 0 Å². The fourth-order valence-corrected chi connectivity index (χ4v) is 5.98. The van der Waals surface area contributed by atoms with Crippen LogP contribution in [0.5, 0.6) is 5.75 Å². The number of amides is 2. The highest BCUT2D eigenvalue weighted by atomic mass is 16.6. The number of hydrogen-bond donors (Lipinski definition) is 1. The van der Waals surface area contributed by atoms with Gasteiger partial charge in [0.1, 0.15) is 22.6 Å². The average Bonchev–Trinajstić information content (AvgIpc) is 3.62. The van der Waals surface area contributed by atoms with E-state index in [4.69, 9.17) is 19.3 Å². The Labute approximate surface area is 235 Å². The van der Waals surface area contributed by atoms with Gasteiger partial charge in [-0.05, 0) is 70.6 Å². The summed E-state index contributed by atoms with van der Waals surface area (Å²) >= 11 is 0. The maximum Gasteiger partial charge on any atom is 0.410 e. The van der Waals surface area contributed by atoms with Crippen LogP contribution in [0.25, 0.3) is 11.3 Å². The molecule has 6 rings (SSSR count). The number of aliphatic hydroxyl groups excluding tert-OH is 1. The SMILES string of the molecule is Cc1ccc2c(c1)OC1(CCN(C(=O)OCC3CC3)CC1)c1cn([C@H]3CCN(C(=O)OC(C)(C)C)C[C@@H]3O)nc1-2. The molecule has 2 aromatic rings. The van der Waals surface area contributed by atoms with Gasteiger partial charge in [0.2, 0.25) is 0 Å². The number of carbonyl (C=O) groups is 2. The van der Waals surface area contributed by atoms with E-state index in [1.165, 1.54) is 0 Å². The molecule has 40 heavy (non-hydrogen) atoms. The Hall–Kier alpha value is -3.27. The second-order valence-electron chi connectivity index (χ2n) is 12.8. The van der Waals surface area contributed by atoms with Gasteiger partial charge >= 0.3 is 12.2 Å². The normalized spacial score (nSPS) is 23.7. The summed E-state index contributed by atoms with van der Waals surface area (Å²) in [6.07, 6.45) is 4.64. The summed E-state index contributed by atoms with van der Waals surface area (Å²) in [6.45, 7) is 9.77. The van der Waals surface area contributed by atoms with Crippen molar-refractivity contribution in [1.29, 1.82) is 0 Å². The van der Waals surface area contributed by atoms with Crippen molar-refractivity contribution in [2.75, 3.05) is 32.8 Å². The molecule has 216 valence electrons. The largest absolute Gasteiger partial charge is 0.482 e. The summed E-state index contributed by atoms with van der Waals surface area (Å²) in [6, 6.07) is 5.85. The van der Waals surface area contributed by atoms with Gasteiger partial charge in [-0.2, -0.15) is 5.10 Å². The van der Waals surface area contributed by atoms with Crippen molar-refractivity contribution in [2.45, 2.75) is 83.1 Å². The standard InChI is InChI=1S/C30H40N4O6/c1-19-5-8-21-25(15-19)39-30(10-13-32(14-11-30)27(36)38-18-20-6-7-20)22-16-34(31-26(21)22)23-9-12-33(17-24(23)35)28(37)40-29(2,3)4/h5,8,15-16,20,23-24,35H,6-7,9-14,17-18H2,1-4H3/t23-,24-/m0/s1. The lowest BCUT2D eigenvalue weighted by molar-refractivity contribution is -0.0123. The zero-order valence-corrected chi connectivity index (χ0v) is 23.9. The number of fused-ring (bicyclic) bond motifs is 4. The van der Waals surface area contributed by atoms with E-state index in [2.05, 4.69) is 6.07 Å². The monoisotopic (exact) mass is 552 g/mol. The summed E-state index contributed by atoms with van der Waals surface area (Å²) in [7, 11) is 0. The molecule has 2 amide bonds. The van der Waals surface area contributed by atoms with E-state index >= 15 is 0 Å². The Kier molecular flexibility index (Phi) is 6.71. The molecule has 0 unspecified atom stereocenters. The van der Waals surface area contributed by atoms with Crippen molar-refractivity contribution in [3.63, 3.8) is 0 Å². The molecule has 0 radical (unpaired) electrons. The van der Waals surface area contributed by atoms with E-state index in [-0.39, 0.29) is 18.7 Å². The van der Waals surface area contributed by atoms with Gasteiger partial charge < -0.3 is 29.1 Å². The second-order valence-corrected chi connectivity index (χ2v) is 12.8. The molecule has 2 saturated heterocycles. The molecule has 1 aromatic heterocycles. The molecule has 3 aliphatic heterocycles. The lowest BCUT2D eigenvalue weighted by Crippen LogP contribution is -2.49. The average molecular weight is 553 g/mol. The van der Waals surface area contributed by atoms with Gasteiger partial charge in [-0.15, -0.1) is 0 Å². The maximum atomic E-state index is 12.7. The first-order chi connectivity index (χ1) is 19.0. The van der Waals surface area contributed by atoms with Gasteiger partial charge in [0.25, 0.3) is 0 Å². The molecule has 4 heterocycles. The third-order valence-electron chi connectivity index (χ3n) is 8.43. The molecule has 1 aliphatic carbocycles. The quantitative estimate of drug-likeness (QED) is 0.592. The Bertz CT molecular complexity index is 1290. The molecular formula is C30H40N4O6. The Balaban J connectivity index is 1.23. The molecule has 10 heteroatoms. The van der Waals surface area contributed by atoms with E-state index in [1.807, 2.05) is 50.7 Å². The van der Waals surface area contributed by atoms with E-state index in [0.717, 1.165) is 41.0 Å². The number of likely N-dealkylation sites (tertiary alicyclic amines) is 2. The molecule has 1 aromatic carbocycles. The molecule has 0 bridgehead atoms. The van der Waals surface area contributed by atoms with Crippen LogP contribution in [0.4, 0.5) is 9.59 Å². The highest BCUT2D eigenvalue weighted by Crippen LogP contribution is 2.50. The van der Waals surface area contributed by atoms with Gasteiger partial charge in [-0.25, -0.2) is 9.59 Å². The van der Waals surface area contributed by atoms with Crippen LogP contribution < -0.4 is 4.74 Å². The first-order valence-corrected chi connectivity index (χ1v) is 14.5. The highest BCUT2D eigenvalue weighted by Gasteiger charge is 2.47. The molecular weight excluding hydrogens is 512 g/mol. The van der Waals surface area contributed by atoms with Crippen LogP contribution in [0.2, 0.25) is 0 Å². The van der Waals surface area contributed by atoms with Crippen molar-refractivity contribution in [3.8, 4) is 17.0 Å². The lowest BCUT2D eigenvalue weighted by atomic mass is 9.81. The fourth-order valence-electron chi connectivity index (χ4n) is 5.98. The van der Waals surface area contributed by atoms with E-state index < -0.39 is 23.4 Å². The smallest absolute Gasteiger partial charge is 0.410 e. The fraction of sp³-hybridized carbons (Fsp3) is 0.633. The van der Waals surface area contributed by atoms with Crippen LogP contribution in [-0.2, 0) is 15.1 Å². The molecule has 4 aliphatic rings. The third kappa shape index (κ3) is 5.25. The number of aryl methyl sites for hydroxylation is 1. The van der Waals surface area contributed by atoms with Crippen molar-refractivity contribution in [2.24, 2.45) is 5.92 Å². The number of benzene rings is 1.